The fourth-order valence-corrected chi connectivity index (χ4v) is 3.74. The molecule has 1 saturated heterocycles. The maximum absolute atomic E-state index is 13.1. The van der Waals surface area contributed by atoms with E-state index in [1.165, 1.54) is 4.90 Å². The monoisotopic (exact) mass is 449 g/mol. The van der Waals surface area contributed by atoms with Crippen molar-refractivity contribution in [2.45, 2.75) is 44.1 Å². The molecule has 1 heterocycles. The first-order chi connectivity index (χ1) is 13.9. The van der Waals surface area contributed by atoms with Crippen LogP contribution < -0.4 is 0 Å². The first kappa shape index (κ1) is 22.5. The molecule has 0 aliphatic carbocycles. The standard InChI is InChI=1S/C21H18ClF6NO/c22-17-6-4-13(5-7-17)9-18-3-1-2-8-29(18)19(30)14-10-15(20(23,24)25)12-16(11-14)21(26,27)28/h4-7,10-12,18H,1-3,8-9H2/t18-/m0/s1. The SMILES string of the molecule is O=C(c1cc(C(F)(F)F)cc(C(F)(F)F)c1)N1CCCC[C@H]1Cc1ccc(Cl)cc1. The molecule has 1 aliphatic heterocycles. The molecule has 2 aromatic carbocycles. The zero-order valence-electron chi connectivity index (χ0n) is 15.7. The summed E-state index contributed by atoms with van der Waals surface area (Å²) in [7, 11) is 0. The molecule has 2 aromatic rings. The van der Waals surface area contributed by atoms with Gasteiger partial charge in [-0.25, -0.2) is 0 Å². The molecular formula is C21H18ClF6NO. The highest BCUT2D eigenvalue weighted by Gasteiger charge is 2.38. The maximum Gasteiger partial charge on any atom is 0.416 e. The van der Waals surface area contributed by atoms with Crippen LogP contribution in [-0.2, 0) is 18.8 Å². The van der Waals surface area contributed by atoms with Crippen LogP contribution in [0.1, 0.15) is 46.3 Å². The van der Waals surface area contributed by atoms with Crippen LogP contribution in [0.15, 0.2) is 42.5 Å². The van der Waals surface area contributed by atoms with Gasteiger partial charge in [0.05, 0.1) is 11.1 Å². The summed E-state index contributed by atoms with van der Waals surface area (Å²) < 4.78 is 78.8. The third kappa shape index (κ3) is 5.28. The van der Waals surface area contributed by atoms with Gasteiger partial charge in [0.1, 0.15) is 0 Å². The van der Waals surface area contributed by atoms with E-state index in [1.54, 1.807) is 24.3 Å². The number of hydrogen-bond acceptors (Lipinski definition) is 1. The molecule has 162 valence electrons. The van der Waals surface area contributed by atoms with Gasteiger partial charge in [-0.15, -0.1) is 0 Å². The summed E-state index contributed by atoms with van der Waals surface area (Å²) in [5.41, 5.74) is -2.72. The minimum Gasteiger partial charge on any atom is -0.335 e. The molecule has 0 unspecified atom stereocenters. The number of alkyl halides is 6. The molecule has 1 amide bonds. The number of piperidine rings is 1. The summed E-state index contributed by atoms with van der Waals surface area (Å²) in [5, 5.41) is 0.541. The van der Waals surface area contributed by atoms with Crippen molar-refractivity contribution in [1.29, 1.82) is 0 Å². The minimum atomic E-state index is -5.00. The van der Waals surface area contributed by atoms with Crippen molar-refractivity contribution < 1.29 is 31.1 Å². The molecule has 9 heteroatoms. The number of likely N-dealkylation sites (tertiary alicyclic amines) is 1. The molecule has 0 radical (unpaired) electrons. The number of hydrogen-bond donors (Lipinski definition) is 0. The number of benzene rings is 2. The maximum atomic E-state index is 13.1. The van der Waals surface area contributed by atoms with E-state index in [2.05, 4.69) is 0 Å². The second-order valence-electron chi connectivity index (χ2n) is 7.27. The van der Waals surface area contributed by atoms with Gasteiger partial charge in [0, 0.05) is 23.2 Å². The van der Waals surface area contributed by atoms with E-state index in [1.807, 2.05) is 0 Å². The highest BCUT2D eigenvalue weighted by Crippen LogP contribution is 2.37. The van der Waals surface area contributed by atoms with Gasteiger partial charge < -0.3 is 4.90 Å². The highest BCUT2D eigenvalue weighted by molar-refractivity contribution is 6.30. The number of carbonyl (C=O) groups excluding carboxylic acids is 1. The van der Waals surface area contributed by atoms with Crippen LogP contribution in [0.25, 0.3) is 0 Å². The van der Waals surface area contributed by atoms with Crippen molar-refractivity contribution >= 4 is 17.5 Å². The van der Waals surface area contributed by atoms with Crippen LogP contribution in [0.4, 0.5) is 26.3 Å². The number of halogens is 7. The fraction of sp³-hybridized carbons (Fsp3) is 0.381. The average molecular weight is 450 g/mol. The minimum absolute atomic E-state index is 0.0260. The normalized spacial score (nSPS) is 17.8. The molecule has 0 N–H and O–H groups in total. The van der Waals surface area contributed by atoms with Gasteiger partial charge in [-0.3, -0.25) is 4.79 Å². The number of amides is 1. The van der Waals surface area contributed by atoms with Crippen LogP contribution in [0, 0.1) is 0 Å². The fourth-order valence-electron chi connectivity index (χ4n) is 3.62. The van der Waals surface area contributed by atoms with Gasteiger partial charge >= 0.3 is 12.4 Å². The van der Waals surface area contributed by atoms with Gasteiger partial charge in [0.15, 0.2) is 0 Å². The second kappa shape index (κ2) is 8.49. The van der Waals surface area contributed by atoms with Crippen molar-refractivity contribution in [3.05, 3.63) is 69.7 Å². The summed E-state index contributed by atoms with van der Waals surface area (Å²) >= 11 is 5.87. The quantitative estimate of drug-likeness (QED) is 0.482. The Kier molecular flexibility index (Phi) is 6.36. The Labute approximate surface area is 174 Å². The van der Waals surface area contributed by atoms with E-state index < -0.39 is 35.0 Å². The van der Waals surface area contributed by atoms with E-state index in [0.29, 0.717) is 36.4 Å². The molecule has 0 spiro atoms. The smallest absolute Gasteiger partial charge is 0.335 e. The summed E-state index contributed by atoms with van der Waals surface area (Å²) in [4.78, 5) is 14.4. The zero-order valence-corrected chi connectivity index (χ0v) is 16.4. The van der Waals surface area contributed by atoms with E-state index in [9.17, 15) is 31.1 Å². The lowest BCUT2D eigenvalue weighted by atomic mass is 9.94. The predicted octanol–water partition coefficient (Wildman–Crippen LogP) is 6.62. The van der Waals surface area contributed by atoms with Gasteiger partial charge in [-0.2, -0.15) is 26.3 Å². The van der Waals surface area contributed by atoms with Crippen molar-refractivity contribution in [3.63, 3.8) is 0 Å². The largest absolute Gasteiger partial charge is 0.416 e. The van der Waals surface area contributed by atoms with Crippen LogP contribution in [0.3, 0.4) is 0 Å². The van der Waals surface area contributed by atoms with Crippen molar-refractivity contribution in [2.24, 2.45) is 0 Å². The van der Waals surface area contributed by atoms with Crippen molar-refractivity contribution in [1.82, 2.24) is 4.90 Å². The Balaban J connectivity index is 1.93. The Bertz CT molecular complexity index is 875. The Morgan fingerprint density at radius 2 is 1.50 bits per heavy atom. The van der Waals surface area contributed by atoms with Crippen LogP contribution in [0.5, 0.6) is 0 Å². The predicted molar refractivity (Wildman–Crippen MR) is 100 cm³/mol. The lowest BCUT2D eigenvalue weighted by Crippen LogP contribution is -2.45. The first-order valence-corrected chi connectivity index (χ1v) is 9.68. The zero-order chi connectivity index (χ0) is 22.1. The Morgan fingerprint density at radius 3 is 2.03 bits per heavy atom. The van der Waals surface area contributed by atoms with E-state index in [4.69, 9.17) is 11.6 Å². The topological polar surface area (TPSA) is 20.3 Å². The number of carbonyl (C=O) groups is 1. The molecule has 0 bridgehead atoms. The summed E-state index contributed by atoms with van der Waals surface area (Å²) in [6, 6.07) is 7.63. The third-order valence-electron chi connectivity index (χ3n) is 5.11. The molecular weight excluding hydrogens is 432 g/mol. The summed E-state index contributed by atoms with van der Waals surface area (Å²) in [6.07, 6.45) is -7.50. The van der Waals surface area contributed by atoms with Gasteiger partial charge in [-0.1, -0.05) is 23.7 Å². The molecule has 1 aliphatic rings. The van der Waals surface area contributed by atoms with Crippen LogP contribution in [-0.4, -0.2) is 23.4 Å². The molecule has 0 saturated carbocycles. The molecule has 3 rings (SSSR count). The number of rotatable bonds is 3. The van der Waals surface area contributed by atoms with E-state index >= 15 is 0 Å². The van der Waals surface area contributed by atoms with E-state index in [0.717, 1.165) is 12.0 Å². The Hall–Kier alpha value is -2.22. The lowest BCUT2D eigenvalue weighted by molar-refractivity contribution is -0.143. The van der Waals surface area contributed by atoms with Gasteiger partial charge in [0.2, 0.25) is 0 Å². The first-order valence-electron chi connectivity index (χ1n) is 9.30. The Morgan fingerprint density at radius 1 is 0.933 bits per heavy atom. The third-order valence-corrected chi connectivity index (χ3v) is 5.36. The van der Waals surface area contributed by atoms with E-state index in [-0.39, 0.29) is 18.7 Å². The second-order valence-corrected chi connectivity index (χ2v) is 7.71. The van der Waals surface area contributed by atoms with Gasteiger partial charge in [0.25, 0.3) is 5.91 Å². The average Bonchev–Trinajstić information content (AvgIpc) is 2.68. The van der Waals surface area contributed by atoms with Crippen LogP contribution >= 0.6 is 11.6 Å². The summed E-state index contributed by atoms with van der Waals surface area (Å²) in [6.45, 7) is 0.273. The molecule has 2 nitrogen and oxygen atoms in total. The van der Waals surface area contributed by atoms with Gasteiger partial charge in [-0.05, 0) is 61.6 Å². The van der Waals surface area contributed by atoms with Crippen molar-refractivity contribution in [3.8, 4) is 0 Å². The molecule has 0 aromatic heterocycles. The summed E-state index contributed by atoms with van der Waals surface area (Å²) in [5.74, 6) is -0.828. The molecule has 1 fully saturated rings. The lowest BCUT2D eigenvalue weighted by Gasteiger charge is -2.36. The highest BCUT2D eigenvalue weighted by atomic mass is 35.5. The number of nitrogens with zero attached hydrogens (tertiary/aromatic N) is 1. The molecule has 1 atom stereocenters. The van der Waals surface area contributed by atoms with Crippen LogP contribution in [0.2, 0.25) is 5.02 Å². The molecule has 30 heavy (non-hydrogen) atoms. The van der Waals surface area contributed by atoms with Crippen molar-refractivity contribution in [2.75, 3.05) is 6.54 Å².